The zero-order chi connectivity index (χ0) is 22.3. The summed E-state index contributed by atoms with van der Waals surface area (Å²) in [5.41, 5.74) is 4.42. The van der Waals surface area contributed by atoms with E-state index in [-0.39, 0.29) is 24.3 Å². The Morgan fingerprint density at radius 2 is 1.59 bits per heavy atom. The van der Waals surface area contributed by atoms with E-state index in [1.807, 2.05) is 48.5 Å². The van der Waals surface area contributed by atoms with Gasteiger partial charge in [-0.1, -0.05) is 72.8 Å². The normalized spacial score (nSPS) is 15.1. The molecule has 3 aromatic rings. The van der Waals surface area contributed by atoms with Crippen LogP contribution in [0.15, 0.2) is 78.9 Å². The third kappa shape index (κ3) is 5.17. The molecule has 5 nitrogen and oxygen atoms in total. The summed E-state index contributed by atoms with van der Waals surface area (Å²) in [5.74, 6) is -0.346. The molecule has 1 unspecified atom stereocenters. The number of carbonyl (C=O) groups is 2. The van der Waals surface area contributed by atoms with Crippen molar-refractivity contribution in [2.24, 2.45) is 5.92 Å². The molecule has 1 atom stereocenters. The molecule has 5 heteroatoms. The van der Waals surface area contributed by atoms with Crippen LogP contribution in [0.1, 0.15) is 34.6 Å². The van der Waals surface area contributed by atoms with Crippen molar-refractivity contribution in [1.82, 2.24) is 5.32 Å². The minimum atomic E-state index is -0.998. The number of fused-ring (bicyclic) bond motifs is 1. The van der Waals surface area contributed by atoms with Crippen LogP contribution < -0.4 is 10.1 Å². The van der Waals surface area contributed by atoms with Gasteiger partial charge in [-0.15, -0.1) is 0 Å². The standard InChI is InChI=1S/C27H27NO4/c29-26(30)18-32-25-13-7-12-21-16-22(14-15-23(21)25)27(31)28-17-24(19-8-3-1-4-9-19)20-10-5-2-6-11-20/h1-13,22,24H,14-18H2,(H,28,31)(H,29,30). The fourth-order valence-electron chi connectivity index (χ4n) is 4.42. The van der Waals surface area contributed by atoms with Crippen molar-refractivity contribution in [3.05, 3.63) is 101 Å². The number of amides is 1. The first kappa shape index (κ1) is 21.6. The Morgan fingerprint density at radius 1 is 0.938 bits per heavy atom. The fraction of sp³-hybridized carbons (Fsp3) is 0.259. The summed E-state index contributed by atoms with van der Waals surface area (Å²) in [6, 6.07) is 26.1. The maximum atomic E-state index is 13.1. The second-order valence-corrected chi connectivity index (χ2v) is 8.14. The highest BCUT2D eigenvalue weighted by atomic mass is 16.5. The SMILES string of the molecule is O=C(O)COc1cccc2c1CCC(C(=O)NCC(c1ccccc1)c1ccccc1)C2. The highest BCUT2D eigenvalue weighted by molar-refractivity contribution is 5.79. The van der Waals surface area contributed by atoms with Crippen LogP contribution in [-0.4, -0.2) is 30.1 Å². The average molecular weight is 430 g/mol. The summed E-state index contributed by atoms with van der Waals surface area (Å²) in [6.07, 6.45) is 2.05. The Balaban J connectivity index is 1.43. The smallest absolute Gasteiger partial charge is 0.341 e. The summed E-state index contributed by atoms with van der Waals surface area (Å²) in [7, 11) is 0. The summed E-state index contributed by atoms with van der Waals surface area (Å²) < 4.78 is 5.44. The lowest BCUT2D eigenvalue weighted by atomic mass is 9.82. The van der Waals surface area contributed by atoms with E-state index >= 15 is 0 Å². The minimum Gasteiger partial charge on any atom is -0.482 e. The molecule has 3 aromatic carbocycles. The van der Waals surface area contributed by atoms with Gasteiger partial charge in [-0.2, -0.15) is 0 Å². The fourth-order valence-corrected chi connectivity index (χ4v) is 4.42. The van der Waals surface area contributed by atoms with E-state index in [0.717, 1.165) is 11.1 Å². The molecule has 164 valence electrons. The summed E-state index contributed by atoms with van der Waals surface area (Å²) in [4.78, 5) is 23.9. The molecule has 0 saturated heterocycles. The van der Waals surface area contributed by atoms with Crippen LogP contribution in [0.3, 0.4) is 0 Å². The molecule has 0 aromatic heterocycles. The molecular weight excluding hydrogens is 402 g/mol. The van der Waals surface area contributed by atoms with Crippen molar-refractivity contribution in [2.75, 3.05) is 13.2 Å². The summed E-state index contributed by atoms with van der Waals surface area (Å²) in [5, 5.41) is 12.1. The van der Waals surface area contributed by atoms with Gasteiger partial charge in [-0.3, -0.25) is 4.79 Å². The first-order chi connectivity index (χ1) is 15.6. The molecule has 32 heavy (non-hydrogen) atoms. The number of carboxylic acid groups (broad SMARTS) is 1. The number of hydrogen-bond donors (Lipinski definition) is 2. The van der Waals surface area contributed by atoms with Crippen LogP contribution in [0, 0.1) is 5.92 Å². The molecule has 0 spiro atoms. The maximum absolute atomic E-state index is 13.1. The first-order valence-electron chi connectivity index (χ1n) is 10.9. The van der Waals surface area contributed by atoms with E-state index in [1.165, 1.54) is 11.1 Å². The lowest BCUT2D eigenvalue weighted by Crippen LogP contribution is -2.36. The minimum absolute atomic E-state index is 0.0596. The third-order valence-corrected chi connectivity index (χ3v) is 6.05. The van der Waals surface area contributed by atoms with Crippen molar-refractivity contribution in [3.8, 4) is 5.75 Å². The van der Waals surface area contributed by atoms with Gasteiger partial charge in [0.15, 0.2) is 6.61 Å². The Morgan fingerprint density at radius 3 is 2.22 bits per heavy atom. The summed E-state index contributed by atoms with van der Waals surface area (Å²) in [6.45, 7) is 0.179. The number of carbonyl (C=O) groups excluding carboxylic acids is 1. The highest BCUT2D eigenvalue weighted by Crippen LogP contribution is 2.32. The zero-order valence-electron chi connectivity index (χ0n) is 17.9. The van der Waals surface area contributed by atoms with Crippen molar-refractivity contribution in [2.45, 2.75) is 25.2 Å². The van der Waals surface area contributed by atoms with Crippen LogP contribution in [0.2, 0.25) is 0 Å². The Hall–Kier alpha value is -3.60. The largest absolute Gasteiger partial charge is 0.482 e. The van der Waals surface area contributed by atoms with Crippen molar-refractivity contribution >= 4 is 11.9 Å². The van der Waals surface area contributed by atoms with Gasteiger partial charge >= 0.3 is 5.97 Å². The highest BCUT2D eigenvalue weighted by Gasteiger charge is 2.27. The van der Waals surface area contributed by atoms with Gasteiger partial charge in [0, 0.05) is 18.4 Å². The number of aliphatic carboxylic acids is 1. The van der Waals surface area contributed by atoms with Gasteiger partial charge in [0.1, 0.15) is 5.75 Å². The van der Waals surface area contributed by atoms with Crippen molar-refractivity contribution in [1.29, 1.82) is 0 Å². The topological polar surface area (TPSA) is 75.6 Å². The second kappa shape index (κ2) is 10.1. The van der Waals surface area contributed by atoms with Gasteiger partial charge in [0.05, 0.1) is 0 Å². The lowest BCUT2D eigenvalue weighted by Gasteiger charge is -2.26. The number of rotatable bonds is 8. The number of nitrogens with one attached hydrogen (secondary N) is 1. The Kier molecular flexibility index (Phi) is 6.85. The van der Waals surface area contributed by atoms with Crippen LogP contribution in [0.5, 0.6) is 5.75 Å². The van der Waals surface area contributed by atoms with Gasteiger partial charge in [-0.25, -0.2) is 4.79 Å². The maximum Gasteiger partial charge on any atom is 0.341 e. The molecule has 1 amide bonds. The van der Waals surface area contributed by atoms with Crippen molar-refractivity contribution in [3.63, 3.8) is 0 Å². The van der Waals surface area contributed by atoms with E-state index in [4.69, 9.17) is 9.84 Å². The number of benzene rings is 3. The molecule has 4 rings (SSSR count). The Labute approximate surface area is 188 Å². The second-order valence-electron chi connectivity index (χ2n) is 8.14. The molecule has 1 aliphatic rings. The molecule has 0 bridgehead atoms. The average Bonchev–Trinajstić information content (AvgIpc) is 2.83. The Bertz CT molecular complexity index is 1030. The summed E-state index contributed by atoms with van der Waals surface area (Å²) >= 11 is 0. The van der Waals surface area contributed by atoms with Gasteiger partial charge in [0.25, 0.3) is 0 Å². The molecule has 1 aliphatic carbocycles. The molecule has 0 heterocycles. The predicted octanol–water partition coefficient (Wildman–Crippen LogP) is 4.20. The zero-order valence-corrected chi connectivity index (χ0v) is 17.9. The van der Waals surface area contributed by atoms with E-state index in [1.54, 1.807) is 6.07 Å². The predicted molar refractivity (Wildman–Crippen MR) is 123 cm³/mol. The van der Waals surface area contributed by atoms with Crippen molar-refractivity contribution < 1.29 is 19.4 Å². The van der Waals surface area contributed by atoms with E-state index in [9.17, 15) is 9.59 Å². The molecule has 0 fully saturated rings. The van der Waals surface area contributed by atoms with Crippen LogP contribution in [0.4, 0.5) is 0 Å². The number of hydrogen-bond acceptors (Lipinski definition) is 3. The third-order valence-electron chi connectivity index (χ3n) is 6.05. The molecule has 0 aliphatic heterocycles. The van der Waals surface area contributed by atoms with E-state index < -0.39 is 5.97 Å². The lowest BCUT2D eigenvalue weighted by molar-refractivity contribution is -0.139. The molecule has 0 saturated carbocycles. The molecule has 2 N–H and O–H groups in total. The van der Waals surface area contributed by atoms with Gasteiger partial charge < -0.3 is 15.2 Å². The van der Waals surface area contributed by atoms with Crippen LogP contribution in [-0.2, 0) is 22.4 Å². The monoisotopic (exact) mass is 429 g/mol. The molecule has 0 radical (unpaired) electrons. The van der Waals surface area contributed by atoms with Crippen LogP contribution >= 0.6 is 0 Å². The first-order valence-corrected chi connectivity index (χ1v) is 10.9. The van der Waals surface area contributed by atoms with E-state index in [0.29, 0.717) is 31.6 Å². The van der Waals surface area contributed by atoms with Crippen LogP contribution in [0.25, 0.3) is 0 Å². The van der Waals surface area contributed by atoms with Gasteiger partial charge in [0.2, 0.25) is 5.91 Å². The number of ether oxygens (including phenoxy) is 1. The molecular formula is C27H27NO4. The van der Waals surface area contributed by atoms with Gasteiger partial charge in [-0.05, 0) is 47.6 Å². The van der Waals surface area contributed by atoms with E-state index in [2.05, 4.69) is 29.6 Å². The number of carboxylic acids is 1. The quantitative estimate of drug-likeness (QED) is 0.563.